The van der Waals surface area contributed by atoms with Crippen LogP contribution in [0.15, 0.2) is 24.3 Å². The molecule has 21 heavy (non-hydrogen) atoms. The van der Waals surface area contributed by atoms with E-state index in [1.807, 2.05) is 18.5 Å². The van der Waals surface area contributed by atoms with Crippen molar-refractivity contribution in [2.45, 2.75) is 39.8 Å². The van der Waals surface area contributed by atoms with Crippen molar-refractivity contribution in [1.82, 2.24) is 9.78 Å². The number of rotatable bonds is 6. The molecule has 6 heteroatoms. The first-order valence-corrected chi connectivity index (χ1v) is 7.02. The lowest BCUT2D eigenvalue weighted by Gasteiger charge is -2.07. The minimum atomic E-state index is -0.409. The highest BCUT2D eigenvalue weighted by Gasteiger charge is 2.15. The molecule has 0 atom stereocenters. The number of aryl methyl sites for hydroxylation is 1. The molecule has 0 saturated heterocycles. The van der Waals surface area contributed by atoms with Crippen LogP contribution in [0.25, 0.3) is 0 Å². The molecule has 0 aliphatic rings. The maximum Gasteiger partial charge on any atom is 0.269 e. The number of nitro benzene ring substituents is 1. The van der Waals surface area contributed by atoms with Crippen molar-refractivity contribution >= 4 is 5.69 Å². The van der Waals surface area contributed by atoms with Crippen LogP contribution < -0.4 is 0 Å². The van der Waals surface area contributed by atoms with Crippen molar-refractivity contribution in [1.29, 1.82) is 0 Å². The van der Waals surface area contributed by atoms with Crippen LogP contribution in [0.5, 0.6) is 0 Å². The second-order valence-corrected chi connectivity index (χ2v) is 4.82. The Labute approximate surface area is 123 Å². The fraction of sp³-hybridized carbons (Fsp3) is 0.400. The first kappa shape index (κ1) is 15.2. The molecule has 1 aromatic carbocycles. The van der Waals surface area contributed by atoms with Gasteiger partial charge in [-0.3, -0.25) is 14.8 Å². The number of aromatic nitrogens is 2. The Morgan fingerprint density at radius 1 is 1.24 bits per heavy atom. The molecule has 0 saturated carbocycles. The Bertz CT molecular complexity index is 632. The summed E-state index contributed by atoms with van der Waals surface area (Å²) in [4.78, 5) is 10.2. The minimum absolute atomic E-state index is 0.00733. The number of hydrogen-bond donors (Lipinski definition) is 1. The molecule has 0 bridgehead atoms. The zero-order valence-corrected chi connectivity index (χ0v) is 12.2. The van der Waals surface area contributed by atoms with Crippen LogP contribution in [0.3, 0.4) is 0 Å². The zero-order valence-electron chi connectivity index (χ0n) is 12.2. The number of nitro groups is 1. The average molecular weight is 289 g/mol. The van der Waals surface area contributed by atoms with Crippen LogP contribution in [-0.4, -0.2) is 19.8 Å². The molecule has 0 aliphatic heterocycles. The van der Waals surface area contributed by atoms with E-state index in [0.717, 1.165) is 35.4 Å². The molecule has 1 aromatic heterocycles. The van der Waals surface area contributed by atoms with Gasteiger partial charge in [0.2, 0.25) is 0 Å². The molecule has 2 rings (SSSR count). The summed E-state index contributed by atoms with van der Waals surface area (Å²) in [6.45, 7) is 4.58. The fourth-order valence-electron chi connectivity index (χ4n) is 2.48. The molecule has 6 nitrogen and oxygen atoms in total. The van der Waals surface area contributed by atoms with Crippen molar-refractivity contribution in [3.8, 4) is 0 Å². The third kappa shape index (κ3) is 3.11. The van der Waals surface area contributed by atoms with Gasteiger partial charge in [-0.1, -0.05) is 26.0 Å². The van der Waals surface area contributed by atoms with Crippen molar-refractivity contribution in [2.24, 2.45) is 0 Å². The van der Waals surface area contributed by atoms with Crippen LogP contribution in [0, 0.1) is 10.1 Å². The van der Waals surface area contributed by atoms with Crippen LogP contribution in [-0.2, 0) is 26.0 Å². The molecule has 0 aliphatic carbocycles. The maximum absolute atomic E-state index is 10.7. The third-order valence-corrected chi connectivity index (χ3v) is 3.56. The SMILES string of the molecule is CCc1nn(Cc2ccc([N+](=O)[O-])cc2)c(CC)c1CO. The standard InChI is InChI=1S/C15H19N3O3/c1-3-14-13(10-19)15(4-2)17(16-14)9-11-5-7-12(8-6-11)18(20)21/h5-8,19H,3-4,9-10H2,1-2H3. The normalized spacial score (nSPS) is 10.8. The molecule has 2 aromatic rings. The third-order valence-electron chi connectivity index (χ3n) is 3.56. The van der Waals surface area contributed by atoms with Gasteiger partial charge in [-0.05, 0) is 18.4 Å². The predicted octanol–water partition coefficient (Wildman–Crippen LogP) is 2.46. The molecule has 0 fully saturated rings. The molecular formula is C15H19N3O3. The van der Waals surface area contributed by atoms with E-state index in [1.165, 1.54) is 12.1 Å². The highest BCUT2D eigenvalue weighted by molar-refractivity contribution is 5.33. The van der Waals surface area contributed by atoms with Crippen LogP contribution in [0.1, 0.15) is 36.4 Å². The summed E-state index contributed by atoms with van der Waals surface area (Å²) in [5.74, 6) is 0. The van der Waals surface area contributed by atoms with E-state index in [0.29, 0.717) is 6.54 Å². The van der Waals surface area contributed by atoms with E-state index in [4.69, 9.17) is 0 Å². The summed E-state index contributed by atoms with van der Waals surface area (Å²) in [5.41, 5.74) is 3.87. The Hall–Kier alpha value is -2.21. The Morgan fingerprint density at radius 2 is 1.90 bits per heavy atom. The number of non-ortho nitro benzene ring substituents is 1. The number of benzene rings is 1. The highest BCUT2D eigenvalue weighted by atomic mass is 16.6. The van der Waals surface area contributed by atoms with Gasteiger partial charge >= 0.3 is 0 Å². The topological polar surface area (TPSA) is 81.2 Å². The lowest BCUT2D eigenvalue weighted by molar-refractivity contribution is -0.384. The number of aliphatic hydroxyl groups is 1. The molecule has 0 unspecified atom stereocenters. The summed E-state index contributed by atoms with van der Waals surface area (Å²) in [6, 6.07) is 6.48. The predicted molar refractivity (Wildman–Crippen MR) is 79.1 cm³/mol. The summed E-state index contributed by atoms with van der Waals surface area (Å²) >= 11 is 0. The van der Waals surface area contributed by atoms with E-state index >= 15 is 0 Å². The number of hydrogen-bond acceptors (Lipinski definition) is 4. The smallest absolute Gasteiger partial charge is 0.269 e. The second-order valence-electron chi connectivity index (χ2n) is 4.82. The average Bonchev–Trinajstić information content (AvgIpc) is 2.84. The van der Waals surface area contributed by atoms with Crippen molar-refractivity contribution in [3.63, 3.8) is 0 Å². The van der Waals surface area contributed by atoms with Gasteiger partial charge < -0.3 is 5.11 Å². The van der Waals surface area contributed by atoms with Gasteiger partial charge in [0, 0.05) is 23.4 Å². The van der Waals surface area contributed by atoms with Crippen LogP contribution >= 0.6 is 0 Å². The molecule has 1 N–H and O–H groups in total. The first-order valence-electron chi connectivity index (χ1n) is 7.02. The lowest BCUT2D eigenvalue weighted by Crippen LogP contribution is -2.07. The van der Waals surface area contributed by atoms with Gasteiger partial charge in [-0.15, -0.1) is 0 Å². The summed E-state index contributed by atoms with van der Waals surface area (Å²) in [6.07, 6.45) is 1.56. The summed E-state index contributed by atoms with van der Waals surface area (Å²) in [5, 5.41) is 24.7. The van der Waals surface area contributed by atoms with Crippen LogP contribution in [0.2, 0.25) is 0 Å². The maximum atomic E-state index is 10.7. The summed E-state index contributed by atoms with van der Waals surface area (Å²) < 4.78 is 1.88. The highest BCUT2D eigenvalue weighted by Crippen LogP contribution is 2.19. The van der Waals surface area contributed by atoms with E-state index in [-0.39, 0.29) is 12.3 Å². The largest absolute Gasteiger partial charge is 0.392 e. The van der Waals surface area contributed by atoms with Gasteiger partial charge in [0.05, 0.1) is 23.8 Å². The number of nitrogens with zero attached hydrogens (tertiary/aromatic N) is 3. The fourth-order valence-corrected chi connectivity index (χ4v) is 2.48. The van der Waals surface area contributed by atoms with E-state index in [2.05, 4.69) is 5.10 Å². The van der Waals surface area contributed by atoms with E-state index < -0.39 is 4.92 Å². The minimum Gasteiger partial charge on any atom is -0.392 e. The van der Waals surface area contributed by atoms with E-state index in [1.54, 1.807) is 12.1 Å². The molecule has 0 spiro atoms. The van der Waals surface area contributed by atoms with Crippen molar-refractivity contribution < 1.29 is 10.0 Å². The zero-order chi connectivity index (χ0) is 15.4. The molecule has 112 valence electrons. The monoisotopic (exact) mass is 289 g/mol. The first-order chi connectivity index (χ1) is 10.1. The van der Waals surface area contributed by atoms with E-state index in [9.17, 15) is 15.2 Å². The van der Waals surface area contributed by atoms with Gasteiger partial charge in [-0.25, -0.2) is 0 Å². The molecule has 0 amide bonds. The lowest BCUT2D eigenvalue weighted by atomic mass is 10.1. The Morgan fingerprint density at radius 3 is 2.38 bits per heavy atom. The van der Waals surface area contributed by atoms with Crippen molar-refractivity contribution in [3.05, 3.63) is 56.9 Å². The van der Waals surface area contributed by atoms with Gasteiger partial charge in [-0.2, -0.15) is 5.10 Å². The second kappa shape index (κ2) is 6.49. The van der Waals surface area contributed by atoms with Gasteiger partial charge in [0.1, 0.15) is 0 Å². The Balaban J connectivity index is 2.30. The molecule has 0 radical (unpaired) electrons. The Kier molecular flexibility index (Phi) is 4.70. The summed E-state index contributed by atoms with van der Waals surface area (Å²) in [7, 11) is 0. The number of aliphatic hydroxyl groups excluding tert-OH is 1. The molecule has 1 heterocycles. The van der Waals surface area contributed by atoms with Gasteiger partial charge in [0.15, 0.2) is 0 Å². The molecular weight excluding hydrogens is 270 g/mol. The van der Waals surface area contributed by atoms with Crippen LogP contribution in [0.4, 0.5) is 5.69 Å². The van der Waals surface area contributed by atoms with Gasteiger partial charge in [0.25, 0.3) is 5.69 Å². The quantitative estimate of drug-likeness (QED) is 0.654. The van der Waals surface area contributed by atoms with Crippen molar-refractivity contribution in [2.75, 3.05) is 0 Å².